The number of hydrogen-bond donors (Lipinski definition) is 1. The minimum Gasteiger partial charge on any atom is -0.496 e. The number of fused-ring (bicyclic) bond motifs is 1. The number of halogens is 1. The number of aryl methyl sites for hydroxylation is 1. The van der Waals surface area contributed by atoms with E-state index in [1.165, 1.54) is 60.9 Å². The topological polar surface area (TPSA) is 148 Å². The summed E-state index contributed by atoms with van der Waals surface area (Å²) < 4.78 is 28.1. The SMILES string of the molecule is COc1ccc(F)cc1[C@H](Cn1c(=O)n(C(C)(C)C(=O)CC(C)C)c(=O)c2c(C)c(-n3nccn3)sc21)OCCC(=O)O. The second-order valence-corrected chi connectivity index (χ2v) is 12.0. The Morgan fingerprint density at radius 2 is 1.84 bits per heavy atom. The van der Waals surface area contributed by atoms with Crippen molar-refractivity contribution in [3.8, 4) is 10.8 Å². The number of carbonyl (C=O) groups excluding carboxylic acids is 1. The van der Waals surface area contributed by atoms with Crippen LogP contribution in [0.5, 0.6) is 5.75 Å². The van der Waals surface area contributed by atoms with E-state index in [1.54, 1.807) is 6.92 Å². The summed E-state index contributed by atoms with van der Waals surface area (Å²) in [6.07, 6.45) is 1.68. The van der Waals surface area contributed by atoms with Crippen LogP contribution in [0.4, 0.5) is 4.39 Å². The number of aliphatic carboxylic acids is 1. The number of carbonyl (C=O) groups is 2. The predicted octanol–water partition coefficient (Wildman–Crippen LogP) is 3.84. The minimum atomic E-state index is -1.51. The van der Waals surface area contributed by atoms with Gasteiger partial charge in [0.25, 0.3) is 5.56 Å². The lowest BCUT2D eigenvalue weighted by Gasteiger charge is -2.28. The number of ketones is 1. The third kappa shape index (κ3) is 6.30. The molecule has 3 aromatic heterocycles. The molecule has 0 aliphatic rings. The summed E-state index contributed by atoms with van der Waals surface area (Å²) in [5, 5.41) is 18.3. The Labute approximate surface area is 250 Å². The van der Waals surface area contributed by atoms with Crippen LogP contribution < -0.4 is 16.0 Å². The highest BCUT2D eigenvalue weighted by Crippen LogP contribution is 2.34. The number of ether oxygens (including phenoxy) is 2. The molecule has 0 saturated carbocycles. The van der Waals surface area contributed by atoms with Crippen LogP contribution in [0.15, 0.2) is 40.2 Å². The maximum absolute atomic E-state index is 14.5. The zero-order valence-corrected chi connectivity index (χ0v) is 25.6. The Hall–Kier alpha value is -4.17. The molecule has 1 N–H and O–H groups in total. The van der Waals surface area contributed by atoms with Gasteiger partial charge in [0.2, 0.25) is 0 Å². The Bertz CT molecular complexity index is 1770. The summed E-state index contributed by atoms with van der Waals surface area (Å²) in [7, 11) is 1.39. The number of methoxy groups -OCH3 is 1. The fourth-order valence-corrected chi connectivity index (χ4v) is 6.12. The molecule has 43 heavy (non-hydrogen) atoms. The first-order valence-electron chi connectivity index (χ1n) is 13.6. The Morgan fingerprint density at radius 1 is 1.16 bits per heavy atom. The third-order valence-electron chi connectivity index (χ3n) is 7.14. The first-order chi connectivity index (χ1) is 20.3. The van der Waals surface area contributed by atoms with Gasteiger partial charge in [-0.05, 0) is 44.9 Å². The summed E-state index contributed by atoms with van der Waals surface area (Å²) in [6, 6.07) is 3.80. The first-order valence-corrected chi connectivity index (χ1v) is 14.5. The molecule has 1 atom stereocenters. The minimum absolute atomic E-state index is 0.0127. The van der Waals surface area contributed by atoms with Crippen molar-refractivity contribution < 1.29 is 28.6 Å². The zero-order valence-electron chi connectivity index (χ0n) is 24.8. The summed E-state index contributed by atoms with van der Waals surface area (Å²) in [5.74, 6) is -1.74. The van der Waals surface area contributed by atoms with Crippen molar-refractivity contribution in [3.05, 3.63) is 68.4 Å². The average Bonchev–Trinajstić information content (AvgIpc) is 3.57. The normalized spacial score (nSPS) is 12.7. The lowest BCUT2D eigenvalue weighted by atomic mass is 9.91. The van der Waals surface area contributed by atoms with E-state index >= 15 is 0 Å². The smallest absolute Gasteiger partial charge is 0.333 e. The molecule has 0 aliphatic heterocycles. The van der Waals surface area contributed by atoms with Crippen molar-refractivity contribution in [3.63, 3.8) is 0 Å². The summed E-state index contributed by atoms with van der Waals surface area (Å²) >= 11 is 1.10. The molecule has 0 bridgehead atoms. The van der Waals surface area contributed by atoms with Crippen LogP contribution in [0.1, 0.15) is 57.8 Å². The number of hydrogen-bond acceptors (Lipinski definition) is 9. The maximum atomic E-state index is 14.5. The number of Topliss-reactive ketones (excluding diaryl/α,β-unsaturated/α-hetero) is 1. The zero-order chi connectivity index (χ0) is 31.6. The molecule has 0 spiro atoms. The van der Waals surface area contributed by atoms with Crippen molar-refractivity contribution in [1.82, 2.24) is 24.1 Å². The van der Waals surface area contributed by atoms with Gasteiger partial charge in [-0.25, -0.2) is 13.8 Å². The maximum Gasteiger partial charge on any atom is 0.333 e. The van der Waals surface area contributed by atoms with Gasteiger partial charge in [0.05, 0.1) is 44.5 Å². The highest BCUT2D eigenvalue weighted by Gasteiger charge is 2.36. The number of thiophene rings is 1. The Morgan fingerprint density at radius 3 is 2.44 bits per heavy atom. The number of benzene rings is 1. The molecule has 0 unspecified atom stereocenters. The van der Waals surface area contributed by atoms with Crippen LogP contribution in [0.2, 0.25) is 0 Å². The van der Waals surface area contributed by atoms with Gasteiger partial charge in [0.15, 0.2) is 5.78 Å². The number of aromatic nitrogens is 5. The number of carboxylic acids is 1. The second kappa shape index (κ2) is 12.6. The van der Waals surface area contributed by atoms with Gasteiger partial charge in [-0.1, -0.05) is 25.2 Å². The lowest BCUT2D eigenvalue weighted by Crippen LogP contribution is -2.53. The highest BCUT2D eigenvalue weighted by atomic mass is 32.1. The van der Waals surface area contributed by atoms with Gasteiger partial charge in [0.1, 0.15) is 33.0 Å². The molecule has 230 valence electrons. The Kier molecular flexibility index (Phi) is 9.30. The van der Waals surface area contributed by atoms with E-state index in [0.717, 1.165) is 15.9 Å². The van der Waals surface area contributed by atoms with Gasteiger partial charge in [-0.15, -0.1) is 4.80 Å². The average molecular weight is 616 g/mol. The number of carboxylic acid groups (broad SMARTS) is 1. The number of nitrogens with zero attached hydrogens (tertiary/aromatic N) is 5. The number of rotatable bonds is 13. The van der Waals surface area contributed by atoms with Crippen LogP contribution in [0.25, 0.3) is 15.2 Å². The fourth-order valence-electron chi connectivity index (χ4n) is 4.90. The van der Waals surface area contributed by atoms with Gasteiger partial charge < -0.3 is 14.6 Å². The quantitative estimate of drug-likeness (QED) is 0.237. The van der Waals surface area contributed by atoms with E-state index < -0.39 is 34.7 Å². The van der Waals surface area contributed by atoms with Crippen molar-refractivity contribution in [2.75, 3.05) is 13.7 Å². The van der Waals surface area contributed by atoms with Crippen molar-refractivity contribution in [2.45, 2.75) is 65.6 Å². The Balaban J connectivity index is 2.02. The molecule has 1 aromatic carbocycles. The van der Waals surface area contributed by atoms with Gasteiger partial charge in [0, 0.05) is 17.5 Å². The highest BCUT2D eigenvalue weighted by molar-refractivity contribution is 7.21. The molecule has 0 amide bonds. The van der Waals surface area contributed by atoms with Gasteiger partial charge >= 0.3 is 11.7 Å². The fraction of sp³-hybridized carbons (Fsp3) is 0.448. The molecule has 14 heteroatoms. The van der Waals surface area contributed by atoms with E-state index in [2.05, 4.69) is 10.2 Å². The van der Waals surface area contributed by atoms with E-state index in [9.17, 15) is 28.7 Å². The largest absolute Gasteiger partial charge is 0.496 e. The van der Waals surface area contributed by atoms with E-state index in [1.807, 2.05) is 13.8 Å². The first kappa shape index (κ1) is 31.8. The molecule has 0 fully saturated rings. The van der Waals surface area contributed by atoms with Crippen LogP contribution in [0.3, 0.4) is 0 Å². The monoisotopic (exact) mass is 615 g/mol. The predicted molar refractivity (Wildman–Crippen MR) is 158 cm³/mol. The molecule has 0 radical (unpaired) electrons. The van der Waals surface area contributed by atoms with Crippen molar-refractivity contribution in [2.24, 2.45) is 5.92 Å². The summed E-state index contributed by atoms with van der Waals surface area (Å²) in [5.41, 5.74) is -2.19. The van der Waals surface area contributed by atoms with E-state index in [4.69, 9.17) is 9.47 Å². The molecule has 4 aromatic rings. The molecule has 0 aliphatic carbocycles. The summed E-state index contributed by atoms with van der Waals surface area (Å²) in [6.45, 7) is 8.01. The van der Waals surface area contributed by atoms with E-state index in [0.29, 0.717) is 10.6 Å². The van der Waals surface area contributed by atoms with Crippen LogP contribution in [0, 0.1) is 18.7 Å². The third-order valence-corrected chi connectivity index (χ3v) is 8.43. The second-order valence-electron chi connectivity index (χ2n) is 11.0. The standard InChI is InChI=1S/C29H34FN5O7S/c1-16(2)13-22(36)29(4,5)34-25(39)24-17(3)26(35-31-10-11-32-35)43-27(24)33(28(34)40)15-21(42-12-9-23(37)38)19-14-18(30)7-8-20(19)41-6/h7-8,10-11,14,16,21H,9,12-13,15H2,1-6H3,(H,37,38)/t21-/m0/s1. The molecule has 0 saturated heterocycles. The van der Waals surface area contributed by atoms with Crippen molar-refractivity contribution in [1.29, 1.82) is 0 Å². The van der Waals surface area contributed by atoms with Crippen LogP contribution in [-0.2, 0) is 26.4 Å². The van der Waals surface area contributed by atoms with Gasteiger partial charge in [-0.2, -0.15) is 10.2 Å². The molecule has 12 nitrogen and oxygen atoms in total. The molecular formula is C29H34FN5O7S. The molecular weight excluding hydrogens is 581 g/mol. The van der Waals surface area contributed by atoms with Crippen LogP contribution >= 0.6 is 11.3 Å². The van der Waals surface area contributed by atoms with Crippen molar-refractivity contribution >= 4 is 33.3 Å². The lowest BCUT2D eigenvalue weighted by molar-refractivity contribution is -0.138. The molecule has 4 rings (SSSR count). The summed E-state index contributed by atoms with van der Waals surface area (Å²) in [4.78, 5) is 54.7. The van der Waals surface area contributed by atoms with Crippen LogP contribution in [-0.4, -0.2) is 54.7 Å². The molecule has 3 heterocycles. The van der Waals surface area contributed by atoms with E-state index in [-0.39, 0.29) is 59.2 Å². The van der Waals surface area contributed by atoms with Gasteiger partial charge in [-0.3, -0.25) is 19.0 Å².